The van der Waals surface area contributed by atoms with Gasteiger partial charge in [0, 0.05) is 30.8 Å². The van der Waals surface area contributed by atoms with Crippen LogP contribution in [0.15, 0.2) is 53.4 Å². The van der Waals surface area contributed by atoms with Crippen LogP contribution >= 0.6 is 15.9 Å². The molecule has 2 N–H and O–H groups in total. The number of carbonyl (C=O) groups excluding carboxylic acids is 2. The van der Waals surface area contributed by atoms with Crippen molar-refractivity contribution in [2.24, 2.45) is 7.05 Å². The minimum absolute atomic E-state index is 0.189. The average Bonchev–Trinajstić information content (AvgIpc) is 3.24. The first-order chi connectivity index (χ1) is 12.4. The van der Waals surface area contributed by atoms with E-state index in [0.717, 1.165) is 4.47 Å². The van der Waals surface area contributed by atoms with Crippen molar-refractivity contribution in [2.75, 3.05) is 10.6 Å². The highest BCUT2D eigenvalue weighted by molar-refractivity contribution is 9.10. The Hall–Kier alpha value is -2.94. The maximum absolute atomic E-state index is 12.3. The van der Waals surface area contributed by atoms with Crippen LogP contribution in [0, 0.1) is 0 Å². The molecule has 0 saturated carbocycles. The van der Waals surface area contributed by atoms with Crippen LogP contribution in [0.5, 0.6) is 0 Å². The van der Waals surface area contributed by atoms with Crippen LogP contribution < -0.4 is 10.6 Å². The Balaban J connectivity index is 1.60. The van der Waals surface area contributed by atoms with Crippen LogP contribution in [-0.4, -0.2) is 31.4 Å². The van der Waals surface area contributed by atoms with Gasteiger partial charge in [0.05, 0.1) is 10.7 Å². The summed E-state index contributed by atoms with van der Waals surface area (Å²) in [4.78, 5) is 24.4. The Kier molecular flexibility index (Phi) is 5.17. The van der Waals surface area contributed by atoms with E-state index in [2.05, 4.69) is 36.8 Å². The summed E-state index contributed by atoms with van der Waals surface area (Å²) in [5, 5.41) is 13.7. The van der Waals surface area contributed by atoms with Crippen molar-refractivity contribution in [2.45, 2.75) is 13.0 Å². The highest BCUT2D eigenvalue weighted by Crippen LogP contribution is 2.17. The predicted molar refractivity (Wildman–Crippen MR) is 101 cm³/mol. The molecule has 0 saturated heterocycles. The second-order valence-corrected chi connectivity index (χ2v) is 6.63. The summed E-state index contributed by atoms with van der Waals surface area (Å²) in [6.07, 6.45) is 5.07. The molecule has 0 aliphatic heterocycles. The first-order valence-electron chi connectivity index (χ1n) is 7.84. The molecule has 1 atom stereocenters. The fourth-order valence-electron chi connectivity index (χ4n) is 2.26. The van der Waals surface area contributed by atoms with E-state index in [1.807, 2.05) is 0 Å². The minimum atomic E-state index is -0.454. The van der Waals surface area contributed by atoms with E-state index in [1.165, 1.54) is 0 Å². The van der Waals surface area contributed by atoms with Crippen LogP contribution in [0.1, 0.15) is 23.5 Å². The SMILES string of the molecule is CC(C(=O)Nc1ccc(NC(=O)c2ccn(C)n2)cc1)n1cc(Br)cn1. The van der Waals surface area contributed by atoms with Crippen molar-refractivity contribution >= 4 is 39.1 Å². The third-order valence-electron chi connectivity index (χ3n) is 3.70. The van der Waals surface area contributed by atoms with Gasteiger partial charge < -0.3 is 10.6 Å². The summed E-state index contributed by atoms with van der Waals surface area (Å²) in [5.41, 5.74) is 1.58. The molecule has 1 aromatic carbocycles. The van der Waals surface area contributed by atoms with E-state index in [-0.39, 0.29) is 11.8 Å². The number of aromatic nitrogens is 4. The van der Waals surface area contributed by atoms with Gasteiger partial charge in [-0.25, -0.2) is 0 Å². The highest BCUT2D eigenvalue weighted by atomic mass is 79.9. The second-order valence-electron chi connectivity index (χ2n) is 5.71. The number of carbonyl (C=O) groups is 2. The molecule has 0 aliphatic rings. The third kappa shape index (κ3) is 4.17. The zero-order valence-electron chi connectivity index (χ0n) is 14.2. The Morgan fingerprint density at radius 2 is 1.77 bits per heavy atom. The molecule has 3 rings (SSSR count). The lowest BCUT2D eigenvalue weighted by atomic mass is 10.2. The normalized spacial score (nSPS) is 11.8. The number of benzene rings is 1. The zero-order chi connectivity index (χ0) is 18.7. The minimum Gasteiger partial charge on any atom is -0.324 e. The molecule has 0 aliphatic carbocycles. The molecule has 0 fully saturated rings. The van der Waals surface area contributed by atoms with Crippen molar-refractivity contribution in [3.63, 3.8) is 0 Å². The molecule has 3 aromatic rings. The van der Waals surface area contributed by atoms with Crippen LogP contribution in [0.3, 0.4) is 0 Å². The smallest absolute Gasteiger partial charge is 0.276 e. The summed E-state index contributed by atoms with van der Waals surface area (Å²) < 4.78 is 3.94. The molecule has 26 heavy (non-hydrogen) atoms. The fraction of sp³-hybridized carbons (Fsp3) is 0.176. The molecule has 134 valence electrons. The summed E-state index contributed by atoms with van der Waals surface area (Å²) in [6, 6.07) is 8.05. The van der Waals surface area contributed by atoms with Crippen LogP contribution in [0.4, 0.5) is 11.4 Å². The molecular weight excluding hydrogens is 400 g/mol. The van der Waals surface area contributed by atoms with Gasteiger partial charge in [-0.15, -0.1) is 0 Å². The van der Waals surface area contributed by atoms with Gasteiger partial charge in [-0.2, -0.15) is 10.2 Å². The number of hydrogen-bond donors (Lipinski definition) is 2. The molecule has 9 heteroatoms. The Bertz CT molecular complexity index is 931. The summed E-state index contributed by atoms with van der Waals surface area (Å²) in [7, 11) is 1.75. The van der Waals surface area contributed by atoms with E-state index in [0.29, 0.717) is 17.1 Å². The highest BCUT2D eigenvalue weighted by Gasteiger charge is 2.16. The van der Waals surface area contributed by atoms with Gasteiger partial charge in [-0.1, -0.05) is 0 Å². The van der Waals surface area contributed by atoms with Gasteiger partial charge in [-0.05, 0) is 53.2 Å². The number of nitrogens with one attached hydrogen (secondary N) is 2. The molecule has 0 spiro atoms. The largest absolute Gasteiger partial charge is 0.324 e. The van der Waals surface area contributed by atoms with E-state index in [4.69, 9.17) is 0 Å². The lowest BCUT2D eigenvalue weighted by molar-refractivity contribution is -0.119. The number of anilines is 2. The van der Waals surface area contributed by atoms with E-state index in [9.17, 15) is 9.59 Å². The van der Waals surface area contributed by atoms with Crippen LogP contribution in [0.25, 0.3) is 0 Å². The first-order valence-corrected chi connectivity index (χ1v) is 8.63. The van der Waals surface area contributed by atoms with E-state index >= 15 is 0 Å². The zero-order valence-corrected chi connectivity index (χ0v) is 15.8. The Labute approximate surface area is 158 Å². The summed E-state index contributed by atoms with van der Waals surface area (Å²) in [6.45, 7) is 1.76. The fourth-order valence-corrected chi connectivity index (χ4v) is 2.56. The Morgan fingerprint density at radius 3 is 2.31 bits per heavy atom. The Morgan fingerprint density at radius 1 is 1.12 bits per heavy atom. The molecule has 1 unspecified atom stereocenters. The topological polar surface area (TPSA) is 93.8 Å². The van der Waals surface area contributed by atoms with E-state index < -0.39 is 6.04 Å². The molecule has 8 nitrogen and oxygen atoms in total. The predicted octanol–water partition coefficient (Wildman–Crippen LogP) is 2.83. The standard InChI is InChI=1S/C17H17BrN6O2/c1-11(24-10-12(18)9-19-24)16(25)20-13-3-5-14(6-4-13)21-17(26)15-7-8-23(2)22-15/h3-11H,1-2H3,(H,20,25)(H,21,26). The van der Waals surface area contributed by atoms with E-state index in [1.54, 1.807) is 72.3 Å². The summed E-state index contributed by atoms with van der Waals surface area (Å²) in [5.74, 6) is -0.480. The molecule has 2 aromatic heterocycles. The maximum atomic E-state index is 12.3. The van der Waals surface area contributed by atoms with Crippen molar-refractivity contribution in [1.82, 2.24) is 19.6 Å². The molecule has 2 heterocycles. The number of nitrogens with zero attached hydrogens (tertiary/aromatic N) is 4. The second kappa shape index (κ2) is 7.52. The molecule has 0 radical (unpaired) electrons. The van der Waals surface area contributed by atoms with Gasteiger partial charge >= 0.3 is 0 Å². The lowest BCUT2D eigenvalue weighted by Crippen LogP contribution is -2.24. The number of rotatable bonds is 5. The average molecular weight is 417 g/mol. The van der Waals surface area contributed by atoms with Gasteiger partial charge in [0.15, 0.2) is 5.69 Å². The summed E-state index contributed by atoms with van der Waals surface area (Å²) >= 11 is 3.31. The van der Waals surface area contributed by atoms with Crippen molar-refractivity contribution in [3.8, 4) is 0 Å². The number of halogens is 1. The van der Waals surface area contributed by atoms with Crippen molar-refractivity contribution in [3.05, 3.63) is 59.1 Å². The van der Waals surface area contributed by atoms with Crippen LogP contribution in [-0.2, 0) is 11.8 Å². The number of hydrogen-bond acceptors (Lipinski definition) is 4. The third-order valence-corrected chi connectivity index (χ3v) is 4.11. The number of aryl methyl sites for hydroxylation is 1. The molecule has 2 amide bonds. The van der Waals surface area contributed by atoms with Crippen LogP contribution in [0.2, 0.25) is 0 Å². The van der Waals surface area contributed by atoms with Crippen molar-refractivity contribution in [1.29, 1.82) is 0 Å². The van der Waals surface area contributed by atoms with Gasteiger partial charge in [0.1, 0.15) is 6.04 Å². The number of amides is 2. The monoisotopic (exact) mass is 416 g/mol. The molecular formula is C17H17BrN6O2. The van der Waals surface area contributed by atoms with Gasteiger partial charge in [0.25, 0.3) is 5.91 Å². The van der Waals surface area contributed by atoms with Crippen molar-refractivity contribution < 1.29 is 9.59 Å². The first kappa shape index (κ1) is 17.9. The van der Waals surface area contributed by atoms with Gasteiger partial charge in [0.2, 0.25) is 5.91 Å². The van der Waals surface area contributed by atoms with Gasteiger partial charge in [-0.3, -0.25) is 19.0 Å². The maximum Gasteiger partial charge on any atom is 0.276 e. The molecule has 0 bridgehead atoms. The quantitative estimate of drug-likeness (QED) is 0.668. The lowest BCUT2D eigenvalue weighted by Gasteiger charge is -2.13.